The number of anilines is 1. The summed E-state index contributed by atoms with van der Waals surface area (Å²) < 4.78 is 35.1. The lowest BCUT2D eigenvalue weighted by Crippen LogP contribution is -2.58. The molecule has 11 nitrogen and oxygen atoms in total. The topological polar surface area (TPSA) is 108 Å². The number of nitrogens with zero attached hydrogens (tertiary/aromatic N) is 6. The van der Waals surface area contributed by atoms with Crippen molar-refractivity contribution >= 4 is 29.4 Å². The number of amides is 3. The minimum atomic E-state index is -2.71. The van der Waals surface area contributed by atoms with Crippen molar-refractivity contribution in [3.8, 4) is 0 Å². The Kier molecular flexibility index (Phi) is 8.06. The number of hydrogen-bond donors (Lipinski definition) is 0. The summed E-state index contributed by atoms with van der Waals surface area (Å²) >= 11 is 0. The first-order valence-electron chi connectivity index (χ1n) is 15.2. The molecule has 3 atom stereocenters. The van der Waals surface area contributed by atoms with E-state index in [-0.39, 0.29) is 44.0 Å². The second kappa shape index (κ2) is 11.8. The SMILES string of the molecule is CC(=O)OCC(=O)N1CCN(C(=O)c2nn(CC(=O)N3CCN(c4cccc(C)c4C)CC3C(F)F)c3c2[C@@H]2C[C@@H]2C3)CC1. The molecule has 3 heterocycles. The summed E-state index contributed by atoms with van der Waals surface area (Å²) in [5.74, 6) is -0.872. The molecule has 0 spiro atoms. The molecular formula is C31H38F2N6O5. The summed E-state index contributed by atoms with van der Waals surface area (Å²) in [5.41, 5.74) is 5.08. The van der Waals surface area contributed by atoms with E-state index in [1.54, 1.807) is 14.5 Å². The second-order valence-corrected chi connectivity index (χ2v) is 12.3. The Morgan fingerprint density at radius 3 is 2.43 bits per heavy atom. The number of piperazine rings is 2. The number of aromatic nitrogens is 2. The number of ether oxygens (including phenoxy) is 1. The standard InChI is InChI=1S/C31H38F2N6O5/c1-18-5-4-6-23(19(18)2)37-11-12-38(25(15-37)30(32)33)26(41)16-39-24-14-21-13-22(21)28(24)29(34-39)31(43)36-9-7-35(8-10-36)27(42)17-44-20(3)40/h4-6,21-22,25,30H,7-17H2,1-3H3/t21-,22-,25?/m1/s1. The molecule has 0 radical (unpaired) electrons. The Labute approximate surface area is 254 Å². The molecule has 3 fully saturated rings. The lowest BCUT2D eigenvalue weighted by Gasteiger charge is -2.42. The Balaban J connectivity index is 1.14. The third-order valence-electron chi connectivity index (χ3n) is 9.60. The van der Waals surface area contributed by atoms with Gasteiger partial charge in [0.1, 0.15) is 12.6 Å². The highest BCUT2D eigenvalue weighted by Crippen LogP contribution is 2.57. The molecule has 1 saturated carbocycles. The molecule has 0 N–H and O–H groups in total. The van der Waals surface area contributed by atoms with Crippen LogP contribution in [0.25, 0.3) is 0 Å². The van der Waals surface area contributed by atoms with Gasteiger partial charge in [-0.3, -0.25) is 23.9 Å². The number of hydrogen-bond acceptors (Lipinski definition) is 7. The number of rotatable bonds is 7. The van der Waals surface area contributed by atoms with E-state index >= 15 is 0 Å². The Hall–Kier alpha value is -4.03. The van der Waals surface area contributed by atoms with Crippen molar-refractivity contribution in [3.63, 3.8) is 0 Å². The van der Waals surface area contributed by atoms with Gasteiger partial charge in [0.05, 0.1) is 0 Å². The molecule has 2 saturated heterocycles. The summed E-state index contributed by atoms with van der Waals surface area (Å²) in [6.07, 6.45) is -1.02. The minimum Gasteiger partial charge on any atom is -0.456 e. The molecule has 2 aromatic rings. The van der Waals surface area contributed by atoms with Crippen molar-refractivity contribution in [1.82, 2.24) is 24.5 Å². The molecular weight excluding hydrogens is 574 g/mol. The largest absolute Gasteiger partial charge is 0.456 e. The number of carbonyl (C=O) groups excluding carboxylic acids is 4. The summed E-state index contributed by atoms with van der Waals surface area (Å²) in [6, 6.07) is 4.58. The van der Waals surface area contributed by atoms with Crippen LogP contribution in [0.1, 0.15) is 52.1 Å². The maximum Gasteiger partial charge on any atom is 0.303 e. The molecule has 1 aromatic carbocycles. The van der Waals surface area contributed by atoms with Gasteiger partial charge in [0.15, 0.2) is 12.3 Å². The van der Waals surface area contributed by atoms with Crippen molar-refractivity contribution in [1.29, 1.82) is 0 Å². The summed E-state index contributed by atoms with van der Waals surface area (Å²) in [5, 5.41) is 4.62. The van der Waals surface area contributed by atoms with Gasteiger partial charge in [-0.15, -0.1) is 0 Å². The smallest absolute Gasteiger partial charge is 0.303 e. The maximum atomic E-state index is 14.3. The Bertz CT molecular complexity index is 1490. The number of fused-ring (bicyclic) bond motifs is 3. The van der Waals surface area contributed by atoms with E-state index in [4.69, 9.17) is 4.74 Å². The Morgan fingerprint density at radius 2 is 1.73 bits per heavy atom. The minimum absolute atomic E-state index is 0.0359. The number of esters is 1. The van der Waals surface area contributed by atoms with Gasteiger partial charge in [0.2, 0.25) is 5.91 Å². The monoisotopic (exact) mass is 612 g/mol. The van der Waals surface area contributed by atoms with E-state index in [1.165, 1.54) is 11.8 Å². The van der Waals surface area contributed by atoms with E-state index < -0.39 is 24.3 Å². The van der Waals surface area contributed by atoms with Crippen molar-refractivity contribution in [2.24, 2.45) is 5.92 Å². The van der Waals surface area contributed by atoms with E-state index in [9.17, 15) is 28.0 Å². The molecule has 44 heavy (non-hydrogen) atoms. The molecule has 1 aromatic heterocycles. The first kappa shape index (κ1) is 30.0. The van der Waals surface area contributed by atoms with E-state index in [1.807, 2.05) is 36.9 Å². The predicted molar refractivity (Wildman–Crippen MR) is 156 cm³/mol. The fourth-order valence-electron chi connectivity index (χ4n) is 6.89. The van der Waals surface area contributed by atoms with Crippen molar-refractivity contribution < 1.29 is 32.7 Å². The number of benzene rings is 1. The van der Waals surface area contributed by atoms with Gasteiger partial charge in [0.25, 0.3) is 18.2 Å². The molecule has 2 aliphatic heterocycles. The van der Waals surface area contributed by atoms with Gasteiger partial charge >= 0.3 is 5.97 Å². The van der Waals surface area contributed by atoms with E-state index in [0.717, 1.165) is 34.5 Å². The normalized spacial score (nSPS) is 22.6. The fraction of sp³-hybridized carbons (Fsp3) is 0.581. The highest BCUT2D eigenvalue weighted by atomic mass is 19.3. The van der Waals surface area contributed by atoms with Gasteiger partial charge < -0.3 is 24.3 Å². The van der Waals surface area contributed by atoms with Crippen LogP contribution >= 0.6 is 0 Å². The molecule has 13 heteroatoms. The molecule has 4 aliphatic rings. The first-order chi connectivity index (χ1) is 21.0. The van der Waals surface area contributed by atoms with Crippen LogP contribution in [0.2, 0.25) is 0 Å². The zero-order chi connectivity index (χ0) is 31.3. The van der Waals surface area contributed by atoms with E-state index in [0.29, 0.717) is 50.8 Å². The van der Waals surface area contributed by atoms with Gasteiger partial charge in [-0.05, 0) is 55.7 Å². The number of carbonyl (C=O) groups is 4. The summed E-state index contributed by atoms with van der Waals surface area (Å²) in [6.45, 7) is 6.56. The van der Waals surface area contributed by atoms with Gasteiger partial charge in [-0.25, -0.2) is 8.78 Å². The quantitative estimate of drug-likeness (QED) is 0.440. The zero-order valence-electron chi connectivity index (χ0n) is 25.3. The van der Waals surface area contributed by atoms with Crippen LogP contribution in [-0.4, -0.2) is 113 Å². The lowest BCUT2D eigenvalue weighted by molar-refractivity contribution is -0.150. The molecule has 236 valence electrons. The van der Waals surface area contributed by atoms with Crippen LogP contribution in [0, 0.1) is 19.8 Å². The summed E-state index contributed by atoms with van der Waals surface area (Å²) in [4.78, 5) is 57.0. The van der Waals surface area contributed by atoms with Gasteiger partial charge in [-0.1, -0.05) is 12.1 Å². The van der Waals surface area contributed by atoms with Crippen LogP contribution in [-0.2, 0) is 32.1 Å². The predicted octanol–water partition coefficient (Wildman–Crippen LogP) is 1.99. The maximum absolute atomic E-state index is 14.3. The highest BCUT2D eigenvalue weighted by Gasteiger charge is 2.51. The van der Waals surface area contributed by atoms with Crippen LogP contribution in [0.15, 0.2) is 18.2 Å². The van der Waals surface area contributed by atoms with Gasteiger partial charge in [0, 0.05) is 69.7 Å². The Morgan fingerprint density at radius 1 is 1.00 bits per heavy atom. The lowest BCUT2D eigenvalue weighted by atomic mass is 10.0. The molecule has 1 unspecified atom stereocenters. The highest BCUT2D eigenvalue weighted by molar-refractivity contribution is 5.95. The molecule has 2 aliphatic carbocycles. The molecule has 3 amide bonds. The molecule has 6 rings (SSSR count). The average Bonchev–Trinajstić information content (AvgIpc) is 3.54. The van der Waals surface area contributed by atoms with Crippen LogP contribution in [0.3, 0.4) is 0 Å². The fourth-order valence-corrected chi connectivity index (χ4v) is 6.89. The third kappa shape index (κ3) is 5.63. The van der Waals surface area contributed by atoms with E-state index in [2.05, 4.69) is 5.10 Å². The van der Waals surface area contributed by atoms with Crippen LogP contribution in [0.5, 0.6) is 0 Å². The second-order valence-electron chi connectivity index (χ2n) is 12.3. The van der Waals surface area contributed by atoms with Crippen molar-refractivity contribution in [2.45, 2.75) is 58.5 Å². The van der Waals surface area contributed by atoms with Crippen molar-refractivity contribution in [2.75, 3.05) is 57.3 Å². The number of aryl methyl sites for hydroxylation is 1. The first-order valence-corrected chi connectivity index (χ1v) is 15.2. The average molecular weight is 613 g/mol. The van der Waals surface area contributed by atoms with Crippen LogP contribution in [0.4, 0.5) is 14.5 Å². The van der Waals surface area contributed by atoms with Crippen molar-refractivity contribution in [3.05, 3.63) is 46.3 Å². The summed E-state index contributed by atoms with van der Waals surface area (Å²) in [7, 11) is 0. The zero-order valence-corrected chi connectivity index (χ0v) is 25.3. The van der Waals surface area contributed by atoms with Gasteiger partial charge in [-0.2, -0.15) is 5.10 Å². The third-order valence-corrected chi connectivity index (χ3v) is 9.60. The number of alkyl halides is 2. The van der Waals surface area contributed by atoms with Crippen LogP contribution < -0.4 is 4.90 Å². The number of halogens is 2. The molecule has 0 bridgehead atoms.